The lowest BCUT2D eigenvalue weighted by molar-refractivity contribution is -0.747. The number of benzene rings is 1. The molecule has 0 amide bonds. The molecule has 3 aromatic heterocycles. The minimum absolute atomic E-state index is 0. The third kappa shape index (κ3) is 3.11. The van der Waals surface area contributed by atoms with Crippen LogP contribution >= 0.6 is 11.6 Å². The van der Waals surface area contributed by atoms with Crippen LogP contribution in [0.4, 0.5) is 0 Å². The average molecular weight is 425 g/mol. The number of fused-ring (bicyclic) bond motifs is 1. The van der Waals surface area contributed by atoms with Gasteiger partial charge in [0.05, 0.1) is 11.0 Å². The van der Waals surface area contributed by atoms with Crippen molar-refractivity contribution >= 4 is 17.2 Å². The molecule has 0 spiro atoms. The molecule has 1 saturated carbocycles. The molecule has 0 radical (unpaired) electrons. The Morgan fingerprint density at radius 2 is 1.66 bits per heavy atom. The first-order chi connectivity index (χ1) is 13.5. The van der Waals surface area contributed by atoms with Crippen molar-refractivity contribution in [2.24, 2.45) is 0 Å². The van der Waals surface area contributed by atoms with Crippen LogP contribution in [0.1, 0.15) is 43.6 Å². The van der Waals surface area contributed by atoms with E-state index in [0.29, 0.717) is 0 Å². The average Bonchev–Trinajstić information content (AvgIpc) is 3.40. The van der Waals surface area contributed by atoms with E-state index in [2.05, 4.69) is 88.0 Å². The Bertz CT molecular complexity index is 1150. The SMILES string of the molecule is CC(C)(c1cccn2c(C3(c4ccc(Cl)cc4)CC3)nnc12)[n+]1ccccc1.[Cl-]. The van der Waals surface area contributed by atoms with Gasteiger partial charge in [-0.2, -0.15) is 4.57 Å². The topological polar surface area (TPSA) is 34.1 Å². The fourth-order valence-corrected chi connectivity index (χ4v) is 4.29. The van der Waals surface area contributed by atoms with Crippen LogP contribution in [0.3, 0.4) is 0 Å². The molecule has 6 heteroatoms. The Kier molecular flexibility index (Phi) is 4.88. The van der Waals surface area contributed by atoms with Gasteiger partial charge in [0.2, 0.25) is 0 Å². The summed E-state index contributed by atoms with van der Waals surface area (Å²) in [6.07, 6.45) is 8.43. The molecule has 3 heterocycles. The van der Waals surface area contributed by atoms with E-state index >= 15 is 0 Å². The highest BCUT2D eigenvalue weighted by Gasteiger charge is 2.50. The Morgan fingerprint density at radius 1 is 0.966 bits per heavy atom. The number of hydrogen-bond acceptors (Lipinski definition) is 2. The lowest BCUT2D eigenvalue weighted by atomic mass is 9.93. The first-order valence-corrected chi connectivity index (χ1v) is 9.98. The van der Waals surface area contributed by atoms with E-state index in [9.17, 15) is 0 Å². The van der Waals surface area contributed by atoms with Gasteiger partial charge in [-0.15, -0.1) is 10.2 Å². The van der Waals surface area contributed by atoms with E-state index in [1.165, 1.54) is 5.56 Å². The fraction of sp³-hybridized carbons (Fsp3) is 0.261. The number of pyridine rings is 2. The van der Waals surface area contributed by atoms with E-state index in [-0.39, 0.29) is 23.4 Å². The minimum Gasteiger partial charge on any atom is -1.00 e. The van der Waals surface area contributed by atoms with Gasteiger partial charge in [0.25, 0.3) is 0 Å². The molecule has 29 heavy (non-hydrogen) atoms. The van der Waals surface area contributed by atoms with Gasteiger partial charge in [-0.25, -0.2) is 0 Å². The zero-order valence-electron chi connectivity index (χ0n) is 16.4. The minimum atomic E-state index is -0.245. The maximum Gasteiger partial charge on any atom is 0.191 e. The predicted octanol–water partition coefficient (Wildman–Crippen LogP) is 1.54. The van der Waals surface area contributed by atoms with Crippen LogP contribution in [0, 0.1) is 0 Å². The van der Waals surface area contributed by atoms with Crippen LogP contribution < -0.4 is 17.0 Å². The van der Waals surface area contributed by atoms with Gasteiger partial charge in [0.15, 0.2) is 23.6 Å². The highest BCUT2D eigenvalue weighted by Crippen LogP contribution is 2.53. The van der Waals surface area contributed by atoms with Crippen LogP contribution in [0.5, 0.6) is 0 Å². The summed E-state index contributed by atoms with van der Waals surface area (Å²) in [6.45, 7) is 4.42. The van der Waals surface area contributed by atoms with Gasteiger partial charge in [-0.1, -0.05) is 29.8 Å². The molecule has 0 bridgehead atoms. The van der Waals surface area contributed by atoms with E-state index in [1.807, 2.05) is 18.2 Å². The van der Waals surface area contributed by atoms with Crippen LogP contribution in [-0.4, -0.2) is 14.6 Å². The van der Waals surface area contributed by atoms with Crippen LogP contribution in [-0.2, 0) is 11.0 Å². The van der Waals surface area contributed by atoms with Crippen molar-refractivity contribution < 1.29 is 17.0 Å². The van der Waals surface area contributed by atoms with E-state index in [1.54, 1.807) is 0 Å². The molecule has 148 valence electrons. The van der Waals surface area contributed by atoms with Crippen LogP contribution in [0.15, 0.2) is 73.2 Å². The molecule has 1 fully saturated rings. The quantitative estimate of drug-likeness (QED) is 0.465. The lowest BCUT2D eigenvalue weighted by Gasteiger charge is -2.20. The first kappa shape index (κ1) is 19.9. The summed E-state index contributed by atoms with van der Waals surface area (Å²) in [7, 11) is 0. The number of rotatable bonds is 4. The van der Waals surface area contributed by atoms with Gasteiger partial charge >= 0.3 is 0 Å². The summed E-state index contributed by atoms with van der Waals surface area (Å²) < 4.78 is 4.38. The van der Waals surface area contributed by atoms with Crippen LogP contribution in [0.2, 0.25) is 5.02 Å². The second-order valence-corrected chi connectivity index (χ2v) is 8.51. The molecule has 4 aromatic rings. The van der Waals surface area contributed by atoms with E-state index < -0.39 is 0 Å². The van der Waals surface area contributed by atoms with Crippen molar-refractivity contribution in [2.75, 3.05) is 0 Å². The highest BCUT2D eigenvalue weighted by molar-refractivity contribution is 6.30. The Balaban J connectivity index is 0.00000205. The van der Waals surface area contributed by atoms with Gasteiger partial charge in [0.1, 0.15) is 5.82 Å². The zero-order valence-corrected chi connectivity index (χ0v) is 17.9. The van der Waals surface area contributed by atoms with Crippen molar-refractivity contribution in [2.45, 2.75) is 37.6 Å². The second kappa shape index (κ2) is 7.12. The third-order valence-corrected chi connectivity index (χ3v) is 6.28. The number of hydrogen-bond donors (Lipinski definition) is 0. The fourth-order valence-electron chi connectivity index (χ4n) is 4.17. The van der Waals surface area contributed by atoms with Crippen molar-refractivity contribution in [3.63, 3.8) is 0 Å². The van der Waals surface area contributed by atoms with Crippen LogP contribution in [0.25, 0.3) is 5.65 Å². The molecule has 1 aliphatic carbocycles. The summed E-state index contributed by atoms with van der Waals surface area (Å²) in [4.78, 5) is 0. The smallest absolute Gasteiger partial charge is 0.191 e. The molecular weight excluding hydrogens is 403 g/mol. The molecule has 0 N–H and O–H groups in total. The standard InChI is InChI=1S/C23H22ClN4.ClH/c1-22(2,27-14-4-3-5-15-27)19-7-6-16-28-20(19)25-26-21(28)23(12-13-23)17-8-10-18(24)11-9-17;/h3-11,14-16H,12-13H2,1-2H3;1H/q+1;/p-1. The third-order valence-electron chi connectivity index (χ3n) is 6.03. The van der Waals surface area contributed by atoms with Gasteiger partial charge in [-0.05, 0) is 42.7 Å². The van der Waals surface area contributed by atoms with Gasteiger partial charge in [-0.3, -0.25) is 4.40 Å². The summed E-state index contributed by atoms with van der Waals surface area (Å²) in [5.74, 6) is 1.01. The molecule has 1 aromatic carbocycles. The Morgan fingerprint density at radius 3 is 2.31 bits per heavy atom. The molecule has 0 saturated heterocycles. The first-order valence-electron chi connectivity index (χ1n) is 9.60. The Hall–Kier alpha value is -2.43. The van der Waals surface area contributed by atoms with Crippen molar-refractivity contribution in [3.05, 3.63) is 95.2 Å². The monoisotopic (exact) mass is 424 g/mol. The maximum absolute atomic E-state index is 6.10. The molecule has 5 rings (SSSR count). The zero-order chi connectivity index (χ0) is 19.4. The molecular formula is C23H22Cl2N4. The predicted molar refractivity (Wildman–Crippen MR) is 110 cm³/mol. The Labute approximate surface area is 181 Å². The summed E-state index contributed by atoms with van der Waals surface area (Å²) >= 11 is 6.10. The number of nitrogens with zero attached hydrogens (tertiary/aromatic N) is 4. The maximum atomic E-state index is 6.10. The van der Waals surface area contributed by atoms with Crippen molar-refractivity contribution in [3.8, 4) is 0 Å². The summed E-state index contributed by atoms with van der Waals surface area (Å²) in [5.41, 5.74) is 3.02. The number of aromatic nitrogens is 4. The van der Waals surface area contributed by atoms with Crippen molar-refractivity contribution in [1.29, 1.82) is 0 Å². The summed E-state index contributed by atoms with van der Waals surface area (Å²) in [6, 6.07) is 18.5. The number of halogens is 2. The van der Waals surface area contributed by atoms with Gasteiger partial charge < -0.3 is 12.4 Å². The molecule has 1 aliphatic rings. The largest absolute Gasteiger partial charge is 1.00 e. The molecule has 0 unspecified atom stereocenters. The molecule has 4 nitrogen and oxygen atoms in total. The van der Waals surface area contributed by atoms with Gasteiger partial charge in [0, 0.05) is 37.2 Å². The normalized spacial score (nSPS) is 15.1. The highest BCUT2D eigenvalue weighted by atomic mass is 35.5. The van der Waals surface area contributed by atoms with E-state index in [0.717, 1.165) is 34.9 Å². The van der Waals surface area contributed by atoms with E-state index in [4.69, 9.17) is 11.6 Å². The van der Waals surface area contributed by atoms with Crippen molar-refractivity contribution in [1.82, 2.24) is 14.6 Å². The lowest BCUT2D eigenvalue weighted by Crippen LogP contribution is -3.00. The molecule has 0 aliphatic heterocycles. The second-order valence-electron chi connectivity index (χ2n) is 8.07. The summed E-state index contributed by atoms with van der Waals surface area (Å²) in [5, 5.41) is 10.1. The molecule has 0 atom stereocenters.